The van der Waals surface area contributed by atoms with Gasteiger partial charge in [-0.2, -0.15) is 0 Å². The molecule has 0 spiro atoms. The summed E-state index contributed by atoms with van der Waals surface area (Å²) in [6.45, 7) is 80.1. The van der Waals surface area contributed by atoms with Gasteiger partial charge in [0.15, 0.2) is 31.2 Å². The van der Waals surface area contributed by atoms with E-state index in [1.165, 1.54) is 0 Å². The molecule has 0 bridgehead atoms. The number of aliphatic hydroxyl groups is 4. The van der Waals surface area contributed by atoms with Gasteiger partial charge in [-0.1, -0.05) is 226 Å². The van der Waals surface area contributed by atoms with Crippen LogP contribution in [0.1, 0.15) is 309 Å². The Labute approximate surface area is 910 Å². The Kier molecular flexibility index (Phi) is 53.3. The van der Waals surface area contributed by atoms with Gasteiger partial charge in [0.05, 0.1) is 201 Å². The van der Waals surface area contributed by atoms with Gasteiger partial charge in [0.2, 0.25) is 0 Å². The highest BCUT2D eigenvalue weighted by molar-refractivity contribution is 14.1. The van der Waals surface area contributed by atoms with Gasteiger partial charge in [-0.15, -0.1) is 0 Å². The molecule has 29 nitrogen and oxygen atoms in total. The number of carbonyl (C=O) groups excluding carboxylic acids is 6. The number of aliphatic hydroxyl groups excluding tert-OH is 4. The number of ether oxygens (including phenoxy) is 16. The van der Waals surface area contributed by atoms with Gasteiger partial charge in [-0.05, 0) is 234 Å². The van der Waals surface area contributed by atoms with Crippen molar-refractivity contribution in [1.29, 1.82) is 0 Å². The van der Waals surface area contributed by atoms with Crippen molar-refractivity contribution in [2.45, 2.75) is 560 Å². The van der Waals surface area contributed by atoms with Crippen LogP contribution in [0.5, 0.6) is 0 Å². The monoisotopic (exact) mass is 2280 g/mol. The van der Waals surface area contributed by atoms with Crippen LogP contribution in [-0.2, 0) is 118 Å². The highest BCUT2D eigenvalue weighted by atomic mass is 127. The molecule has 0 aromatic heterocycles. The van der Waals surface area contributed by atoms with Crippen molar-refractivity contribution in [1.82, 2.24) is 0 Å². The second-order valence-corrected chi connectivity index (χ2v) is 70.8. The Morgan fingerprint density at radius 2 is 0.689 bits per heavy atom. The first-order valence-corrected chi connectivity index (χ1v) is 70.6. The topological polar surface area (TPSA) is 359 Å². The van der Waals surface area contributed by atoms with Crippen LogP contribution < -0.4 is 0 Å². The zero-order valence-corrected chi connectivity index (χ0v) is 104. The van der Waals surface area contributed by atoms with E-state index in [2.05, 4.69) is 243 Å². The van der Waals surface area contributed by atoms with Crippen molar-refractivity contribution < 1.29 is 138 Å². The fraction of sp³-hybridized carbons (Fsp3) is 0.912. The molecule has 0 aromatic carbocycles. The molecule has 0 aliphatic carbocycles. The quantitative estimate of drug-likeness (QED) is 0.0160. The highest BCUT2D eigenvalue weighted by Gasteiger charge is 2.60. The lowest BCUT2D eigenvalue weighted by molar-refractivity contribution is -0.271. The Bertz CT molecular complexity index is 3930. The maximum Gasteiger partial charge on any atom is 0.308 e. The van der Waals surface area contributed by atoms with Crippen molar-refractivity contribution >= 4 is 92.1 Å². The van der Waals surface area contributed by atoms with E-state index in [-0.39, 0.29) is 234 Å². The minimum Gasteiger partial charge on any atom is -0.466 e. The molecule has 41 atom stereocenters. The van der Waals surface area contributed by atoms with Crippen molar-refractivity contribution in [3.05, 3.63) is 21.9 Å². The van der Waals surface area contributed by atoms with Crippen molar-refractivity contribution in [3.63, 3.8) is 0 Å². The predicted octanol–water partition coefficient (Wildman–Crippen LogP) is 21.1. The Morgan fingerprint density at radius 3 is 1.03 bits per heavy atom. The molecule has 12 aliphatic rings. The molecule has 12 rings (SSSR count). The third-order valence-electron chi connectivity index (χ3n) is 35.8. The van der Waals surface area contributed by atoms with Gasteiger partial charge in [-0.25, -0.2) is 0 Å². The SMILES string of the molecule is CC(C)(C)[Si](C)(C)O[C@@H]1[C@H](O[Si](C)(C)C(C)(C)C)[C@H]([C@H](/C=C/I)O[Si](C)(C)C(C)(C)C)O[C@H]2CC[C@H](CC=O)O[C@H]12.CCC(C)[C@@H]1O[C@H]2CCC(O)O[C@@H]2[C@H](C)[C@@H]1C.CCOC(=O)C[C@H]1CC[C@@H]2O[C@@H](C(C)CC)[C@@H](C)[C@@H](C)[C@H]2O1.CCOC(=O)C[C@H]1CC[C@@H]2O[C@@H](C(O)CO)[C@@H](C)[C@@H](C)[C@H]2O1.CCOC(=O)C[C@H]1CC[C@@H]2O[C@@H](C=O)[C@@H](C)[C@@H](C)[C@H]2O1.CCOC(=O)C[C@H]1CC[C@@H]2O[C@@H]([C@@H](O)/C=C/[Si](C)(C)C)[C@@H](C)[C@@H](C)[C@H]2O1. The summed E-state index contributed by atoms with van der Waals surface area (Å²) in [6.07, 6.45) is 15.6. The Morgan fingerprint density at radius 1 is 0.378 bits per heavy atom. The van der Waals surface area contributed by atoms with Crippen LogP contribution in [0.4, 0.5) is 0 Å². The molecule has 0 radical (unpaired) electrons. The highest BCUT2D eigenvalue weighted by Crippen LogP contribution is 2.51. The largest absolute Gasteiger partial charge is 0.466 e. The van der Waals surface area contributed by atoms with Crippen LogP contribution in [0, 0.1) is 71.0 Å². The molecule has 4 unspecified atom stereocenters. The molecule has 0 amide bonds. The van der Waals surface area contributed by atoms with Crippen molar-refractivity contribution in [2.24, 2.45) is 71.0 Å². The summed E-state index contributed by atoms with van der Waals surface area (Å²) >= 11 is 2.29. The van der Waals surface area contributed by atoms with Crippen LogP contribution in [-0.4, -0.2) is 300 Å². The number of hydrogen-bond acceptors (Lipinski definition) is 29. The Balaban J connectivity index is 0.000000246. The third kappa shape index (κ3) is 36.8. The summed E-state index contributed by atoms with van der Waals surface area (Å²) in [7, 11) is -8.04. The average molecular weight is 2280 g/mol. The molecular formula is C114H207IO29Si4. The van der Waals surface area contributed by atoms with Crippen LogP contribution in [0.25, 0.3) is 0 Å². The van der Waals surface area contributed by atoms with Crippen LogP contribution in [0.15, 0.2) is 21.9 Å². The number of rotatable bonds is 32. The fourth-order valence-electron chi connectivity index (χ4n) is 22.3. The van der Waals surface area contributed by atoms with Crippen LogP contribution in [0.2, 0.25) is 74.0 Å². The fourth-order valence-corrected chi connectivity index (χ4v) is 27.3. The van der Waals surface area contributed by atoms with Crippen molar-refractivity contribution in [2.75, 3.05) is 33.0 Å². The lowest BCUT2D eigenvalue weighted by atomic mass is 9.75. The van der Waals surface area contributed by atoms with Crippen molar-refractivity contribution in [3.8, 4) is 0 Å². The number of aldehydes is 2. The van der Waals surface area contributed by atoms with E-state index in [0.29, 0.717) is 106 Å². The van der Waals surface area contributed by atoms with Crippen LogP contribution >= 0.6 is 22.6 Å². The Hall–Kier alpha value is -2.46. The zero-order valence-electron chi connectivity index (χ0n) is 98.0. The van der Waals surface area contributed by atoms with E-state index in [1.54, 1.807) is 13.8 Å². The summed E-state index contributed by atoms with van der Waals surface area (Å²) in [5, 5.41) is 39.4. The number of esters is 4. The average Bonchev–Trinajstić information content (AvgIpc) is 0.741. The molecule has 148 heavy (non-hydrogen) atoms. The predicted molar refractivity (Wildman–Crippen MR) is 595 cm³/mol. The molecule has 0 aromatic rings. The number of carbonyl (C=O) groups is 6. The van der Waals surface area contributed by atoms with E-state index in [0.717, 1.165) is 96.0 Å². The molecule has 12 fully saturated rings. The molecule has 34 heteroatoms. The molecule has 4 N–H and O–H groups in total. The van der Waals surface area contributed by atoms with E-state index < -0.39 is 51.5 Å². The summed E-state index contributed by atoms with van der Waals surface area (Å²) < 4.78 is 119. The molecule has 0 saturated carbocycles. The maximum atomic E-state index is 11.7. The van der Waals surface area contributed by atoms with Gasteiger partial charge >= 0.3 is 23.9 Å². The summed E-state index contributed by atoms with van der Waals surface area (Å²) in [6, 6.07) is 0. The summed E-state index contributed by atoms with van der Waals surface area (Å²) in [5.41, 5.74) is 2.18. The van der Waals surface area contributed by atoms with Gasteiger partial charge in [-0.3, -0.25) is 19.2 Å². The second-order valence-electron chi connectivity index (χ2n) is 50.7. The summed E-state index contributed by atoms with van der Waals surface area (Å²) in [4.78, 5) is 69.1. The first-order valence-electron chi connectivity index (χ1n) is 57.1. The van der Waals surface area contributed by atoms with E-state index in [1.807, 2.05) is 33.8 Å². The van der Waals surface area contributed by atoms with E-state index >= 15 is 0 Å². The number of hydrogen-bond donors (Lipinski definition) is 4. The normalized spacial score (nSPS) is 37.6. The molecule has 860 valence electrons. The zero-order chi connectivity index (χ0) is 111. The third-order valence-corrected chi connectivity index (χ3v) is 50.8. The number of halogens is 1. The molecule has 12 saturated heterocycles. The molecule has 12 heterocycles. The van der Waals surface area contributed by atoms with Gasteiger partial charge in [0.1, 0.15) is 49.2 Å². The minimum absolute atomic E-state index is 0.00170. The molecular weight excluding hydrogens is 2070 g/mol. The first kappa shape index (κ1) is 132. The van der Waals surface area contributed by atoms with Gasteiger partial charge in [0.25, 0.3) is 0 Å². The van der Waals surface area contributed by atoms with Crippen LogP contribution in [0.3, 0.4) is 0 Å². The lowest BCUT2D eigenvalue weighted by Gasteiger charge is -2.56. The van der Waals surface area contributed by atoms with E-state index in [9.17, 15) is 44.1 Å². The second kappa shape index (κ2) is 59.6. The first-order chi connectivity index (χ1) is 69.1. The summed E-state index contributed by atoms with van der Waals surface area (Å²) in [5.74, 6) is 3.38. The smallest absolute Gasteiger partial charge is 0.308 e. The van der Waals surface area contributed by atoms with Gasteiger partial charge < -0.3 is 119 Å². The minimum atomic E-state index is -2.28. The number of fused-ring (bicyclic) bond motifs is 6. The standard InChI is InChI=1S/C31H61IO6Si3.C20H36O5Si.C18H32O4.C16H28O6.C15H24O5.C14H26O3/c1-29(2,3)39(10,11)36-24(18-20-32)26-28(38-41(14,15)31(7,8)9)27(37-40(12,13)30(4,5)6)25-23(35-26)17-16-22(34-25)19-21-33;1-7-23-18(22)12-15-8-9-17-20(24-15)14(3)13(2)19(25-17)16(21)10-11-26(4,5)6;1-6-11(3)17-12(4)13(5)18-15(22-17)9-8-14(21-18)10-16(19)20-7-2;1-4-20-14(19)7-11-5-6-13-16(21-11)10(3)9(2)15(22-13)12(18)8-17;1-4-18-14(17)7-11-5-6-12-15(19-11)10(3)9(2)13(8-16)20-12;1-5-8(2)13-9(3)10(4)14-11(16-13)6-7-12(15)17-14/h18,20-28H,16-17,19H2,1-15H3;10-11,13-17,19-21H,7-9,12H2,1-6H3;11-15,17-18H,6-10H2,1-5H3;9-13,15-18H,4-8H2,1-3H3;8-13,15H,4-7H2,1-3H3;8-15H,5-7H2,1-4H3/b20-18+;11-10+;;;;/t22-,23+,24+,25+,26+,27+,28-;13-,14+,15+,16-,17-,19+,20+;11?,12-,13+,14+,15-,17-,18+;9-,10+,11+,12?,13-,15+,16+;9-,10+,11+,12-,13-,15+;8?,9-,10+,11-,12?,13-,14+/m100000/s1. The maximum absolute atomic E-state index is 11.7. The van der Waals surface area contributed by atoms with Gasteiger partial charge in [0, 0.05) is 12.8 Å². The lowest BCUT2D eigenvalue weighted by Crippen LogP contribution is -2.69. The molecule has 12 aliphatic heterocycles. The van der Waals surface area contributed by atoms with E-state index in [4.69, 9.17) is 94.2 Å².